The zero-order valence-corrected chi connectivity index (χ0v) is 15.5. The topological polar surface area (TPSA) is 83.8 Å². The molecule has 2 heterocycles. The molecule has 2 aromatic heterocycles. The summed E-state index contributed by atoms with van der Waals surface area (Å²) in [5.41, 5.74) is 1.90. The Labute approximate surface area is 156 Å². The molecule has 3 aromatic rings. The van der Waals surface area contributed by atoms with E-state index >= 15 is 0 Å². The van der Waals surface area contributed by atoms with Crippen molar-refractivity contribution in [3.8, 4) is 11.5 Å². The van der Waals surface area contributed by atoms with Crippen LogP contribution in [0.5, 0.6) is 0 Å². The molecule has 0 unspecified atom stereocenters. The van der Waals surface area contributed by atoms with Crippen LogP contribution in [0.1, 0.15) is 32.6 Å². The van der Waals surface area contributed by atoms with E-state index in [-0.39, 0.29) is 5.91 Å². The van der Waals surface area contributed by atoms with Crippen molar-refractivity contribution in [3.05, 3.63) is 30.5 Å². The molecule has 1 aliphatic rings. The van der Waals surface area contributed by atoms with E-state index in [9.17, 15) is 4.79 Å². The minimum absolute atomic E-state index is 0.0283. The molecular weight excluding hydrogens is 348 g/mol. The SMILES string of the molecule is C[C@@H]1CCCC[C@H]1NC(=O)CSc1nnc(-c2c[nH]c3ccccc23)o1. The van der Waals surface area contributed by atoms with Gasteiger partial charge in [-0.2, -0.15) is 0 Å². The lowest BCUT2D eigenvalue weighted by molar-refractivity contribution is -0.119. The molecule has 2 N–H and O–H groups in total. The fourth-order valence-electron chi connectivity index (χ4n) is 3.53. The first kappa shape index (κ1) is 17.1. The Morgan fingerprint density at radius 3 is 3.04 bits per heavy atom. The summed E-state index contributed by atoms with van der Waals surface area (Å²) in [6.45, 7) is 2.21. The summed E-state index contributed by atoms with van der Waals surface area (Å²) >= 11 is 1.28. The first-order chi connectivity index (χ1) is 12.7. The number of nitrogens with one attached hydrogen (secondary N) is 2. The lowest BCUT2D eigenvalue weighted by atomic mass is 9.86. The van der Waals surface area contributed by atoms with E-state index in [1.807, 2.05) is 30.5 Å². The summed E-state index contributed by atoms with van der Waals surface area (Å²) in [6, 6.07) is 8.26. The van der Waals surface area contributed by atoms with Gasteiger partial charge in [-0.25, -0.2) is 0 Å². The second-order valence-corrected chi connectivity index (χ2v) is 7.77. The molecule has 0 bridgehead atoms. The van der Waals surface area contributed by atoms with E-state index < -0.39 is 0 Å². The molecule has 4 rings (SSSR count). The molecule has 1 saturated carbocycles. The smallest absolute Gasteiger partial charge is 0.277 e. The molecule has 7 heteroatoms. The fraction of sp³-hybridized carbons (Fsp3) is 0.421. The van der Waals surface area contributed by atoms with E-state index in [0.717, 1.165) is 22.9 Å². The average molecular weight is 370 g/mol. The van der Waals surface area contributed by atoms with E-state index in [1.54, 1.807) is 0 Å². The van der Waals surface area contributed by atoms with Crippen LogP contribution in [0.4, 0.5) is 0 Å². The number of nitrogens with zero attached hydrogens (tertiary/aromatic N) is 2. The third-order valence-corrected chi connectivity index (χ3v) is 5.83. The molecule has 6 nitrogen and oxygen atoms in total. The van der Waals surface area contributed by atoms with Crippen molar-refractivity contribution in [2.24, 2.45) is 5.92 Å². The van der Waals surface area contributed by atoms with Gasteiger partial charge in [0, 0.05) is 23.1 Å². The van der Waals surface area contributed by atoms with Gasteiger partial charge in [0.25, 0.3) is 11.1 Å². The highest BCUT2D eigenvalue weighted by Gasteiger charge is 2.23. The minimum atomic E-state index is 0.0283. The van der Waals surface area contributed by atoms with Crippen LogP contribution in [0.2, 0.25) is 0 Å². The molecule has 1 fully saturated rings. The van der Waals surface area contributed by atoms with E-state index in [2.05, 4.69) is 27.4 Å². The van der Waals surface area contributed by atoms with Crippen LogP contribution in [-0.2, 0) is 4.79 Å². The number of carbonyl (C=O) groups is 1. The summed E-state index contributed by atoms with van der Waals surface area (Å²) in [5.74, 6) is 1.33. The van der Waals surface area contributed by atoms with Gasteiger partial charge in [-0.05, 0) is 24.8 Å². The van der Waals surface area contributed by atoms with Crippen LogP contribution < -0.4 is 5.32 Å². The van der Waals surface area contributed by atoms with Gasteiger partial charge in [-0.3, -0.25) is 4.79 Å². The summed E-state index contributed by atoms with van der Waals surface area (Å²) in [6.07, 6.45) is 6.59. The van der Waals surface area contributed by atoms with Crippen molar-refractivity contribution < 1.29 is 9.21 Å². The van der Waals surface area contributed by atoms with Crippen molar-refractivity contribution in [1.29, 1.82) is 0 Å². The maximum atomic E-state index is 12.2. The molecule has 1 amide bonds. The van der Waals surface area contributed by atoms with Crippen LogP contribution in [0.15, 0.2) is 40.1 Å². The highest BCUT2D eigenvalue weighted by atomic mass is 32.2. The van der Waals surface area contributed by atoms with Gasteiger partial charge in [0.1, 0.15) is 0 Å². The van der Waals surface area contributed by atoms with Crippen molar-refractivity contribution in [2.45, 2.75) is 43.9 Å². The third kappa shape index (κ3) is 3.62. The van der Waals surface area contributed by atoms with Crippen LogP contribution in [0, 0.1) is 5.92 Å². The van der Waals surface area contributed by atoms with Crippen molar-refractivity contribution >= 4 is 28.6 Å². The second-order valence-electron chi connectivity index (χ2n) is 6.85. The van der Waals surface area contributed by atoms with Gasteiger partial charge < -0.3 is 14.7 Å². The van der Waals surface area contributed by atoms with Crippen LogP contribution >= 0.6 is 11.8 Å². The molecule has 1 aliphatic carbocycles. The highest BCUT2D eigenvalue weighted by Crippen LogP contribution is 2.29. The Morgan fingerprint density at radius 1 is 1.31 bits per heavy atom. The van der Waals surface area contributed by atoms with Crippen LogP contribution in [0.3, 0.4) is 0 Å². The zero-order chi connectivity index (χ0) is 17.9. The van der Waals surface area contributed by atoms with E-state index in [4.69, 9.17) is 4.42 Å². The number of hydrogen-bond acceptors (Lipinski definition) is 5. The average Bonchev–Trinajstić information content (AvgIpc) is 3.28. The number of fused-ring (bicyclic) bond motifs is 1. The van der Waals surface area contributed by atoms with Gasteiger partial charge >= 0.3 is 0 Å². The maximum Gasteiger partial charge on any atom is 0.277 e. The Kier molecular flexibility index (Phi) is 4.97. The predicted molar refractivity (Wildman–Crippen MR) is 102 cm³/mol. The quantitative estimate of drug-likeness (QED) is 0.663. The first-order valence-corrected chi connectivity index (χ1v) is 10.0. The number of thioether (sulfide) groups is 1. The van der Waals surface area contributed by atoms with Gasteiger partial charge in [0.15, 0.2) is 0 Å². The largest absolute Gasteiger partial charge is 0.411 e. The van der Waals surface area contributed by atoms with Crippen LogP contribution in [-0.4, -0.2) is 32.9 Å². The predicted octanol–water partition coefficient (Wildman–Crippen LogP) is 4.00. The molecule has 136 valence electrons. The lowest BCUT2D eigenvalue weighted by Crippen LogP contribution is -2.41. The molecule has 2 atom stereocenters. The molecule has 0 saturated heterocycles. The Morgan fingerprint density at radius 2 is 2.15 bits per heavy atom. The Hall–Kier alpha value is -2.28. The lowest BCUT2D eigenvalue weighted by Gasteiger charge is -2.29. The fourth-order valence-corrected chi connectivity index (χ4v) is 4.11. The number of rotatable bonds is 5. The highest BCUT2D eigenvalue weighted by molar-refractivity contribution is 7.99. The van der Waals surface area contributed by atoms with Gasteiger partial charge in [0.2, 0.25) is 5.91 Å². The molecule has 0 aliphatic heterocycles. The molecule has 0 radical (unpaired) electrons. The number of aromatic nitrogens is 3. The van der Waals surface area contributed by atoms with Crippen molar-refractivity contribution in [2.75, 3.05) is 5.75 Å². The number of H-pyrrole nitrogens is 1. The molecule has 0 spiro atoms. The molecule has 1 aromatic carbocycles. The number of amides is 1. The van der Waals surface area contributed by atoms with Gasteiger partial charge in [-0.1, -0.05) is 49.7 Å². The van der Waals surface area contributed by atoms with Crippen molar-refractivity contribution in [1.82, 2.24) is 20.5 Å². The Balaban J connectivity index is 1.37. The normalized spacial score (nSPS) is 20.3. The minimum Gasteiger partial charge on any atom is -0.411 e. The molecular formula is C19H22N4O2S. The maximum absolute atomic E-state index is 12.2. The van der Waals surface area contributed by atoms with E-state index in [1.165, 1.54) is 31.0 Å². The standard InChI is InChI=1S/C19H22N4O2S/c1-12-6-2-4-8-15(12)21-17(24)11-26-19-23-22-18(25-19)14-10-20-16-9-5-3-7-13(14)16/h3,5,7,9-10,12,15,20H,2,4,6,8,11H2,1H3,(H,21,24)/t12-,15-/m1/s1. The van der Waals surface area contributed by atoms with Gasteiger partial charge in [0.05, 0.1) is 11.3 Å². The summed E-state index contributed by atoms with van der Waals surface area (Å²) < 4.78 is 5.74. The number of hydrogen-bond donors (Lipinski definition) is 2. The zero-order valence-electron chi connectivity index (χ0n) is 14.7. The summed E-state index contributed by atoms with van der Waals surface area (Å²) in [4.78, 5) is 15.4. The summed E-state index contributed by atoms with van der Waals surface area (Å²) in [5, 5.41) is 12.8. The molecule has 26 heavy (non-hydrogen) atoms. The van der Waals surface area contributed by atoms with Gasteiger partial charge in [-0.15, -0.1) is 10.2 Å². The monoisotopic (exact) mass is 370 g/mol. The summed E-state index contributed by atoms with van der Waals surface area (Å²) in [7, 11) is 0. The number of aromatic amines is 1. The Bertz CT molecular complexity index is 904. The third-order valence-electron chi connectivity index (χ3n) is 5.01. The first-order valence-electron chi connectivity index (χ1n) is 9.03. The second kappa shape index (κ2) is 7.53. The van der Waals surface area contributed by atoms with Crippen molar-refractivity contribution in [3.63, 3.8) is 0 Å². The number of benzene rings is 1. The number of carbonyl (C=O) groups excluding carboxylic acids is 1. The van der Waals surface area contributed by atoms with E-state index in [0.29, 0.717) is 28.8 Å². The number of para-hydroxylation sites is 1. The van der Waals surface area contributed by atoms with Crippen LogP contribution in [0.25, 0.3) is 22.4 Å².